The highest BCUT2D eigenvalue weighted by Crippen LogP contribution is 2.35. The highest BCUT2D eigenvalue weighted by Gasteiger charge is 2.33. The van der Waals surface area contributed by atoms with E-state index in [4.69, 9.17) is 26.4 Å². The van der Waals surface area contributed by atoms with Gasteiger partial charge in [-0.05, 0) is 37.5 Å². The monoisotopic (exact) mass is 589 g/mol. The maximum absolute atomic E-state index is 13.9. The fourth-order valence-corrected chi connectivity index (χ4v) is 6.32. The molecule has 0 aliphatic carbocycles. The third kappa shape index (κ3) is 5.42. The third-order valence-electron chi connectivity index (χ3n) is 7.55. The molecule has 214 valence electrons. The third-order valence-corrected chi connectivity index (χ3v) is 8.37. The van der Waals surface area contributed by atoms with Crippen LogP contribution in [-0.4, -0.2) is 97.2 Å². The van der Waals surface area contributed by atoms with E-state index in [9.17, 15) is 18.3 Å². The van der Waals surface area contributed by atoms with Crippen LogP contribution in [-0.2, 0) is 14.8 Å². The molecule has 1 atom stereocenters. The Morgan fingerprint density at radius 3 is 2.60 bits per heavy atom. The number of rotatable bonds is 6. The number of carbonyl (C=O) groups excluding carboxylic acids is 1. The smallest absolute Gasteiger partial charge is 0.256 e. The lowest BCUT2D eigenvalue weighted by atomic mass is 9.98. The van der Waals surface area contributed by atoms with Crippen LogP contribution in [0.5, 0.6) is 0 Å². The molecule has 1 aromatic carbocycles. The van der Waals surface area contributed by atoms with Crippen molar-refractivity contribution in [2.24, 2.45) is 0 Å². The van der Waals surface area contributed by atoms with E-state index in [0.29, 0.717) is 49.9 Å². The lowest BCUT2D eigenvalue weighted by Gasteiger charge is -2.37. The minimum atomic E-state index is -3.61. The number of halogens is 1. The molecule has 5 heterocycles. The van der Waals surface area contributed by atoms with Crippen molar-refractivity contribution < 1.29 is 23.1 Å². The Morgan fingerprint density at radius 2 is 1.88 bits per heavy atom. The van der Waals surface area contributed by atoms with E-state index in [1.165, 1.54) is 12.1 Å². The number of carbonyl (C=O) groups is 1. The van der Waals surface area contributed by atoms with Gasteiger partial charge in [-0.3, -0.25) is 9.52 Å². The molecule has 0 bridgehead atoms. The number of amides is 1. The van der Waals surface area contributed by atoms with Crippen LogP contribution in [0.1, 0.15) is 41.4 Å². The van der Waals surface area contributed by atoms with E-state index in [1.54, 1.807) is 11.0 Å². The molecule has 2 aromatic heterocycles. The molecule has 1 unspecified atom stereocenters. The van der Waals surface area contributed by atoms with Gasteiger partial charge in [0.25, 0.3) is 5.91 Å². The highest BCUT2D eigenvalue weighted by atomic mass is 35.5. The Hall–Kier alpha value is -3.13. The molecule has 40 heavy (non-hydrogen) atoms. The lowest BCUT2D eigenvalue weighted by Crippen LogP contribution is -2.51. The van der Waals surface area contributed by atoms with Crippen LogP contribution >= 0.6 is 11.6 Å². The van der Waals surface area contributed by atoms with Crippen LogP contribution in [0.25, 0.3) is 5.65 Å². The van der Waals surface area contributed by atoms with Crippen molar-refractivity contribution in [3.8, 4) is 0 Å². The van der Waals surface area contributed by atoms with E-state index >= 15 is 0 Å². The van der Waals surface area contributed by atoms with Crippen molar-refractivity contribution in [3.63, 3.8) is 0 Å². The average Bonchev–Trinajstić information content (AvgIpc) is 3.35. The van der Waals surface area contributed by atoms with Gasteiger partial charge in [-0.2, -0.15) is 9.61 Å². The zero-order valence-electron chi connectivity index (χ0n) is 22.2. The first kappa shape index (κ1) is 27.1. The van der Waals surface area contributed by atoms with Crippen LogP contribution in [0, 0.1) is 0 Å². The van der Waals surface area contributed by atoms with Crippen LogP contribution in [0.2, 0.25) is 5.02 Å². The number of piperidine rings is 1. The summed E-state index contributed by atoms with van der Waals surface area (Å²) in [5.41, 5.74) is 1.76. The second-order valence-corrected chi connectivity index (χ2v) is 12.7. The van der Waals surface area contributed by atoms with Crippen molar-refractivity contribution >= 4 is 50.5 Å². The number of hydrogen-bond donors (Lipinski definition) is 2. The average molecular weight is 590 g/mol. The molecule has 3 aromatic rings. The normalized spacial score (nSPS) is 20.6. The number of nitrogens with zero attached hydrogens (tertiary/aromatic N) is 6. The van der Waals surface area contributed by atoms with E-state index in [1.807, 2.05) is 21.5 Å². The quantitative estimate of drug-likeness (QED) is 0.444. The minimum absolute atomic E-state index is 0.189. The first-order chi connectivity index (χ1) is 19.2. The van der Waals surface area contributed by atoms with Gasteiger partial charge in [0.2, 0.25) is 10.0 Å². The summed E-state index contributed by atoms with van der Waals surface area (Å²) in [6.45, 7) is 4.23. The summed E-state index contributed by atoms with van der Waals surface area (Å²) in [4.78, 5) is 24.8. The Kier molecular flexibility index (Phi) is 7.23. The van der Waals surface area contributed by atoms with Crippen LogP contribution in [0.4, 0.5) is 17.3 Å². The summed E-state index contributed by atoms with van der Waals surface area (Å²) in [5, 5.41) is 15.2. The SMILES string of the molecule is CS(=O)(=O)Nc1ccc(Cl)cc1C(=O)N1CCCCC1c1cc2nc(N3CC(O)C3)cc(N3CCOCC3)n2n1. The van der Waals surface area contributed by atoms with Gasteiger partial charge in [0.05, 0.1) is 48.6 Å². The number of ether oxygens (including phenoxy) is 1. The zero-order valence-corrected chi connectivity index (χ0v) is 23.7. The van der Waals surface area contributed by atoms with Crippen molar-refractivity contribution in [2.75, 3.05) is 66.7 Å². The maximum atomic E-state index is 13.9. The summed E-state index contributed by atoms with van der Waals surface area (Å²) in [6.07, 6.45) is 3.14. The Bertz CT molecular complexity index is 1540. The molecule has 1 amide bonds. The standard InChI is InChI=1S/C26H32ClN7O5S/c1-40(37,38)30-20-6-5-17(27)12-19(20)26(36)33-7-3-2-4-22(33)21-13-24-28-23(32-15-18(35)16-32)14-25(34(24)29-21)31-8-10-39-11-9-31/h5-6,12-14,18,22,30,35H,2-4,7-11,15-16H2,1H3. The number of likely N-dealkylation sites (tertiary alicyclic amines) is 1. The topological polar surface area (TPSA) is 133 Å². The summed E-state index contributed by atoms with van der Waals surface area (Å²) < 4.78 is 33.8. The number of aromatic nitrogens is 3. The Balaban J connectivity index is 1.38. The number of morpholine rings is 1. The molecule has 6 rings (SSSR count). The number of aliphatic hydroxyl groups excluding tert-OH is 1. The van der Waals surface area contributed by atoms with Gasteiger partial charge < -0.3 is 24.5 Å². The number of anilines is 3. The summed E-state index contributed by atoms with van der Waals surface area (Å²) >= 11 is 6.23. The summed E-state index contributed by atoms with van der Waals surface area (Å²) in [5.74, 6) is 1.35. The molecule has 3 fully saturated rings. The number of nitrogens with one attached hydrogen (secondary N) is 1. The van der Waals surface area contributed by atoms with Crippen molar-refractivity contribution in [1.82, 2.24) is 19.5 Å². The number of β-amino-alcohol motifs (C(OH)–C–C–N with tert-alkyl or cyclic N) is 1. The second-order valence-electron chi connectivity index (χ2n) is 10.5. The van der Waals surface area contributed by atoms with Gasteiger partial charge in [-0.1, -0.05) is 11.6 Å². The maximum Gasteiger partial charge on any atom is 0.256 e. The van der Waals surface area contributed by atoms with Crippen LogP contribution in [0.15, 0.2) is 30.3 Å². The van der Waals surface area contributed by atoms with Crippen LogP contribution in [0.3, 0.4) is 0 Å². The lowest BCUT2D eigenvalue weighted by molar-refractivity contribution is 0.0606. The first-order valence-corrected chi connectivity index (χ1v) is 15.7. The molecule has 3 aliphatic heterocycles. The fourth-order valence-electron chi connectivity index (χ4n) is 5.57. The molecule has 0 radical (unpaired) electrons. The number of fused-ring (bicyclic) bond motifs is 1. The Morgan fingerprint density at radius 1 is 1.10 bits per heavy atom. The highest BCUT2D eigenvalue weighted by molar-refractivity contribution is 7.92. The van der Waals surface area contributed by atoms with Gasteiger partial charge in [0, 0.05) is 49.9 Å². The number of benzene rings is 1. The molecule has 3 aliphatic rings. The van der Waals surface area contributed by atoms with Gasteiger partial charge in [0.15, 0.2) is 5.65 Å². The molecule has 2 N–H and O–H groups in total. The molecule has 3 saturated heterocycles. The van der Waals surface area contributed by atoms with Crippen molar-refractivity contribution in [1.29, 1.82) is 0 Å². The van der Waals surface area contributed by atoms with Crippen molar-refractivity contribution in [2.45, 2.75) is 31.4 Å². The molecule has 14 heteroatoms. The first-order valence-electron chi connectivity index (χ1n) is 13.4. The van der Waals surface area contributed by atoms with E-state index in [0.717, 1.165) is 49.5 Å². The predicted octanol–water partition coefficient (Wildman–Crippen LogP) is 2.14. The minimum Gasteiger partial charge on any atom is -0.389 e. The molecular weight excluding hydrogens is 558 g/mol. The fraction of sp³-hybridized carbons (Fsp3) is 0.500. The number of hydrogen-bond acceptors (Lipinski definition) is 9. The number of aliphatic hydroxyl groups is 1. The summed E-state index contributed by atoms with van der Waals surface area (Å²) in [7, 11) is -3.61. The zero-order chi connectivity index (χ0) is 28.0. The van der Waals surface area contributed by atoms with E-state index in [2.05, 4.69) is 9.62 Å². The largest absolute Gasteiger partial charge is 0.389 e. The number of sulfonamides is 1. The molecule has 0 saturated carbocycles. The molecule has 12 nitrogen and oxygen atoms in total. The Labute approximate surface area is 237 Å². The van der Waals surface area contributed by atoms with E-state index in [-0.39, 0.29) is 29.3 Å². The van der Waals surface area contributed by atoms with Gasteiger partial charge in [-0.15, -0.1) is 0 Å². The predicted molar refractivity (Wildman–Crippen MR) is 152 cm³/mol. The molecule has 0 spiro atoms. The van der Waals surface area contributed by atoms with Crippen molar-refractivity contribution in [3.05, 3.63) is 46.6 Å². The van der Waals surface area contributed by atoms with E-state index < -0.39 is 10.0 Å². The van der Waals surface area contributed by atoms with Crippen LogP contribution < -0.4 is 14.5 Å². The van der Waals surface area contributed by atoms with Gasteiger partial charge in [-0.25, -0.2) is 13.4 Å². The molecular formula is C26H32ClN7O5S. The van der Waals surface area contributed by atoms with Gasteiger partial charge >= 0.3 is 0 Å². The second kappa shape index (κ2) is 10.7. The van der Waals surface area contributed by atoms with Gasteiger partial charge in [0.1, 0.15) is 11.6 Å². The summed E-state index contributed by atoms with van der Waals surface area (Å²) in [6, 6.07) is 8.16.